The monoisotopic (exact) mass is 337 g/mol. The molecule has 1 unspecified atom stereocenters. The zero-order valence-electron chi connectivity index (χ0n) is 12.6. The lowest BCUT2D eigenvalue weighted by atomic mass is 9.62. The van der Waals surface area contributed by atoms with Crippen molar-refractivity contribution in [2.75, 3.05) is 6.54 Å². The number of benzene rings is 1. The standard InChI is InChI=1S/C17H24BrNO/c1-4-19-15-10-17(8-12(9-17)11(2)3)20-16-6-5-13(18)7-14(15)16/h5-7,11-12,15,19H,4,8-10H2,1-3H3. The quantitative estimate of drug-likeness (QED) is 0.863. The molecule has 2 aliphatic rings. The maximum atomic E-state index is 6.41. The first-order valence-electron chi connectivity index (χ1n) is 7.75. The van der Waals surface area contributed by atoms with Crippen LogP contribution in [-0.4, -0.2) is 12.1 Å². The smallest absolute Gasteiger partial charge is 0.125 e. The van der Waals surface area contributed by atoms with Crippen LogP contribution >= 0.6 is 15.9 Å². The summed E-state index contributed by atoms with van der Waals surface area (Å²) in [5.74, 6) is 2.68. The van der Waals surface area contributed by atoms with E-state index in [0.29, 0.717) is 6.04 Å². The van der Waals surface area contributed by atoms with Crippen molar-refractivity contribution in [1.29, 1.82) is 0 Å². The Morgan fingerprint density at radius 1 is 1.35 bits per heavy atom. The van der Waals surface area contributed by atoms with Crippen LogP contribution in [0.1, 0.15) is 51.6 Å². The molecule has 1 saturated carbocycles. The summed E-state index contributed by atoms with van der Waals surface area (Å²) >= 11 is 3.57. The van der Waals surface area contributed by atoms with E-state index in [1.165, 1.54) is 18.4 Å². The third kappa shape index (κ3) is 2.50. The first-order valence-corrected chi connectivity index (χ1v) is 8.54. The SMILES string of the molecule is CCNC1CC2(CC(C(C)C)C2)Oc2ccc(Br)cc21. The van der Waals surface area contributed by atoms with Gasteiger partial charge in [-0.05, 0) is 49.4 Å². The second-order valence-corrected chi connectivity index (χ2v) is 7.61. The van der Waals surface area contributed by atoms with E-state index in [4.69, 9.17) is 4.74 Å². The van der Waals surface area contributed by atoms with Crippen LogP contribution in [0.15, 0.2) is 22.7 Å². The van der Waals surface area contributed by atoms with Crippen LogP contribution in [0.3, 0.4) is 0 Å². The summed E-state index contributed by atoms with van der Waals surface area (Å²) in [6.45, 7) is 7.83. The van der Waals surface area contributed by atoms with Gasteiger partial charge in [0.2, 0.25) is 0 Å². The van der Waals surface area contributed by atoms with E-state index in [-0.39, 0.29) is 5.60 Å². The van der Waals surface area contributed by atoms with E-state index in [1.54, 1.807) is 0 Å². The highest BCUT2D eigenvalue weighted by Crippen LogP contribution is 2.53. The molecule has 0 saturated heterocycles. The Labute approximate surface area is 130 Å². The second-order valence-electron chi connectivity index (χ2n) is 6.69. The molecule has 0 bridgehead atoms. The molecule has 1 spiro atoms. The number of halogens is 1. The first-order chi connectivity index (χ1) is 9.53. The molecule has 1 aromatic carbocycles. The van der Waals surface area contributed by atoms with E-state index in [9.17, 15) is 0 Å². The molecule has 0 aromatic heterocycles. The lowest BCUT2D eigenvalue weighted by Gasteiger charge is -2.53. The number of rotatable bonds is 3. The molecule has 1 aliphatic heterocycles. The molecule has 1 N–H and O–H groups in total. The van der Waals surface area contributed by atoms with Crippen molar-refractivity contribution in [3.8, 4) is 5.75 Å². The predicted molar refractivity (Wildman–Crippen MR) is 86.1 cm³/mol. The van der Waals surface area contributed by atoms with Crippen LogP contribution in [-0.2, 0) is 0 Å². The van der Waals surface area contributed by atoms with Crippen molar-refractivity contribution in [3.05, 3.63) is 28.2 Å². The van der Waals surface area contributed by atoms with Gasteiger partial charge in [-0.3, -0.25) is 0 Å². The summed E-state index contributed by atoms with van der Waals surface area (Å²) in [6, 6.07) is 6.83. The molecule has 1 heterocycles. The average Bonchev–Trinajstić information content (AvgIpc) is 2.36. The van der Waals surface area contributed by atoms with Gasteiger partial charge in [-0.25, -0.2) is 0 Å². The highest BCUT2D eigenvalue weighted by atomic mass is 79.9. The summed E-state index contributed by atoms with van der Waals surface area (Å²) in [5, 5.41) is 3.63. The molecule has 1 fully saturated rings. The Bertz CT molecular complexity index is 494. The average molecular weight is 338 g/mol. The molecule has 1 atom stereocenters. The molecule has 110 valence electrons. The van der Waals surface area contributed by atoms with Crippen molar-refractivity contribution >= 4 is 15.9 Å². The van der Waals surface area contributed by atoms with Crippen LogP contribution < -0.4 is 10.1 Å². The molecule has 3 heteroatoms. The van der Waals surface area contributed by atoms with Gasteiger partial charge >= 0.3 is 0 Å². The number of hydrogen-bond donors (Lipinski definition) is 1. The van der Waals surface area contributed by atoms with E-state index in [0.717, 1.165) is 35.0 Å². The summed E-state index contributed by atoms with van der Waals surface area (Å²) in [7, 11) is 0. The minimum atomic E-state index is 0.0859. The lowest BCUT2D eigenvalue weighted by Crippen LogP contribution is -2.54. The Hall–Kier alpha value is -0.540. The number of hydrogen-bond acceptors (Lipinski definition) is 2. The second kappa shape index (κ2) is 5.34. The molecule has 1 aromatic rings. The van der Waals surface area contributed by atoms with Gasteiger partial charge in [0.05, 0.1) is 0 Å². The normalized spacial score (nSPS) is 31.9. The maximum absolute atomic E-state index is 6.41. The Morgan fingerprint density at radius 3 is 2.75 bits per heavy atom. The summed E-state index contributed by atoms with van der Waals surface area (Å²) in [5.41, 5.74) is 1.39. The number of fused-ring (bicyclic) bond motifs is 1. The maximum Gasteiger partial charge on any atom is 0.125 e. The molecule has 1 aliphatic carbocycles. The van der Waals surface area contributed by atoms with Gasteiger partial charge in [-0.15, -0.1) is 0 Å². The third-order valence-electron chi connectivity index (χ3n) is 4.91. The van der Waals surface area contributed by atoms with Gasteiger partial charge in [0.15, 0.2) is 0 Å². The van der Waals surface area contributed by atoms with Crippen LogP contribution in [0, 0.1) is 11.8 Å². The van der Waals surface area contributed by atoms with Crippen LogP contribution in [0.2, 0.25) is 0 Å². The van der Waals surface area contributed by atoms with Gasteiger partial charge in [-0.1, -0.05) is 36.7 Å². The fraction of sp³-hybridized carbons (Fsp3) is 0.647. The Kier molecular flexibility index (Phi) is 3.85. The summed E-state index contributed by atoms with van der Waals surface area (Å²) in [4.78, 5) is 0. The number of nitrogens with one attached hydrogen (secondary N) is 1. The van der Waals surface area contributed by atoms with Crippen molar-refractivity contribution in [2.45, 2.75) is 51.7 Å². The zero-order valence-corrected chi connectivity index (χ0v) is 14.2. The Balaban J connectivity index is 1.85. The van der Waals surface area contributed by atoms with Crippen molar-refractivity contribution in [2.24, 2.45) is 11.8 Å². The predicted octanol–water partition coefficient (Wildman–Crippen LogP) is 4.69. The minimum absolute atomic E-state index is 0.0859. The minimum Gasteiger partial charge on any atom is -0.487 e. The van der Waals surface area contributed by atoms with Crippen LogP contribution in [0.25, 0.3) is 0 Å². The molecular weight excluding hydrogens is 314 g/mol. The van der Waals surface area contributed by atoms with Crippen LogP contribution in [0.4, 0.5) is 0 Å². The van der Waals surface area contributed by atoms with Crippen molar-refractivity contribution < 1.29 is 4.74 Å². The van der Waals surface area contributed by atoms with Gasteiger partial charge in [0.1, 0.15) is 11.4 Å². The van der Waals surface area contributed by atoms with E-state index in [2.05, 4.69) is 60.2 Å². The summed E-state index contributed by atoms with van der Waals surface area (Å²) in [6.07, 6.45) is 3.53. The van der Waals surface area contributed by atoms with E-state index < -0.39 is 0 Å². The topological polar surface area (TPSA) is 21.3 Å². The summed E-state index contributed by atoms with van der Waals surface area (Å²) < 4.78 is 7.54. The highest BCUT2D eigenvalue weighted by molar-refractivity contribution is 9.10. The molecule has 0 amide bonds. The first kappa shape index (κ1) is 14.4. The zero-order chi connectivity index (χ0) is 14.3. The molecular formula is C17H24BrNO. The van der Waals surface area contributed by atoms with Crippen LogP contribution in [0.5, 0.6) is 5.75 Å². The molecule has 2 nitrogen and oxygen atoms in total. The van der Waals surface area contributed by atoms with E-state index >= 15 is 0 Å². The largest absolute Gasteiger partial charge is 0.487 e. The third-order valence-corrected chi connectivity index (χ3v) is 5.40. The molecule has 20 heavy (non-hydrogen) atoms. The van der Waals surface area contributed by atoms with Gasteiger partial charge in [-0.2, -0.15) is 0 Å². The molecule has 3 rings (SSSR count). The highest BCUT2D eigenvalue weighted by Gasteiger charge is 2.51. The Morgan fingerprint density at radius 2 is 2.10 bits per heavy atom. The van der Waals surface area contributed by atoms with Gasteiger partial charge in [0.25, 0.3) is 0 Å². The molecule has 0 radical (unpaired) electrons. The fourth-order valence-electron chi connectivity index (χ4n) is 3.69. The lowest BCUT2D eigenvalue weighted by molar-refractivity contribution is -0.0872. The van der Waals surface area contributed by atoms with Gasteiger partial charge in [0, 0.05) is 22.5 Å². The fourth-order valence-corrected chi connectivity index (χ4v) is 4.07. The number of ether oxygens (including phenoxy) is 1. The van der Waals surface area contributed by atoms with E-state index in [1.807, 2.05) is 0 Å². The van der Waals surface area contributed by atoms with Crippen molar-refractivity contribution in [1.82, 2.24) is 5.32 Å². The van der Waals surface area contributed by atoms with Gasteiger partial charge < -0.3 is 10.1 Å². The van der Waals surface area contributed by atoms with Crippen molar-refractivity contribution in [3.63, 3.8) is 0 Å².